The van der Waals surface area contributed by atoms with Crippen LogP contribution >= 0.6 is 0 Å². The van der Waals surface area contributed by atoms with Crippen molar-refractivity contribution >= 4 is 11.8 Å². The molecule has 0 bridgehead atoms. The van der Waals surface area contributed by atoms with Crippen LogP contribution in [0.15, 0.2) is 30.7 Å². The van der Waals surface area contributed by atoms with Crippen LogP contribution in [0.3, 0.4) is 0 Å². The first-order chi connectivity index (χ1) is 12.1. The van der Waals surface area contributed by atoms with Crippen molar-refractivity contribution in [2.24, 2.45) is 0 Å². The van der Waals surface area contributed by atoms with Crippen molar-refractivity contribution in [1.29, 1.82) is 0 Å². The summed E-state index contributed by atoms with van der Waals surface area (Å²) in [5.74, 6) is 1.87. The van der Waals surface area contributed by atoms with Gasteiger partial charge in [-0.2, -0.15) is 0 Å². The first-order valence-corrected chi connectivity index (χ1v) is 8.69. The summed E-state index contributed by atoms with van der Waals surface area (Å²) < 4.78 is 2.11. The van der Waals surface area contributed by atoms with Crippen LogP contribution in [-0.2, 0) is 13.1 Å². The Morgan fingerprint density at radius 1 is 1.36 bits per heavy atom. The molecule has 2 aromatic heterocycles. The molecule has 7 nitrogen and oxygen atoms in total. The molecule has 1 unspecified atom stereocenters. The van der Waals surface area contributed by atoms with Crippen LogP contribution in [0.4, 0.5) is 10.6 Å². The molecular formula is C18H26N6O. The second-order valence-electron chi connectivity index (χ2n) is 6.66. The van der Waals surface area contributed by atoms with Gasteiger partial charge in [0.15, 0.2) is 0 Å². The first kappa shape index (κ1) is 17.3. The minimum absolute atomic E-state index is 0.00572. The topological polar surface area (TPSA) is 66.3 Å². The number of urea groups is 1. The molecule has 134 valence electrons. The number of likely N-dealkylation sites (tertiary alicyclic amines) is 1. The highest BCUT2D eigenvalue weighted by Gasteiger charge is 2.29. The maximum atomic E-state index is 12.7. The lowest BCUT2D eigenvalue weighted by atomic mass is 10.2. The van der Waals surface area contributed by atoms with Crippen LogP contribution < -0.4 is 10.2 Å². The van der Waals surface area contributed by atoms with Crippen molar-refractivity contribution in [1.82, 2.24) is 24.8 Å². The number of nitrogens with zero attached hydrogens (tertiary/aromatic N) is 5. The van der Waals surface area contributed by atoms with E-state index in [4.69, 9.17) is 0 Å². The molecular weight excluding hydrogens is 316 g/mol. The van der Waals surface area contributed by atoms with Gasteiger partial charge in [0.25, 0.3) is 0 Å². The minimum atomic E-state index is -0.00572. The fourth-order valence-electron chi connectivity index (χ4n) is 3.36. The number of carbonyl (C=O) groups is 1. The number of amides is 2. The summed E-state index contributed by atoms with van der Waals surface area (Å²) in [4.78, 5) is 25.2. The van der Waals surface area contributed by atoms with E-state index in [0.717, 1.165) is 43.1 Å². The van der Waals surface area contributed by atoms with E-state index in [9.17, 15) is 4.79 Å². The molecule has 7 heteroatoms. The van der Waals surface area contributed by atoms with Gasteiger partial charge in [-0.15, -0.1) is 0 Å². The van der Waals surface area contributed by atoms with Crippen molar-refractivity contribution in [3.63, 3.8) is 0 Å². The largest absolute Gasteiger partial charge is 0.362 e. The van der Waals surface area contributed by atoms with E-state index in [1.165, 1.54) is 0 Å². The van der Waals surface area contributed by atoms with Gasteiger partial charge in [0, 0.05) is 57.9 Å². The van der Waals surface area contributed by atoms with Gasteiger partial charge >= 0.3 is 6.03 Å². The molecule has 0 radical (unpaired) electrons. The third-order valence-electron chi connectivity index (χ3n) is 4.69. The normalized spacial score (nSPS) is 16.9. The maximum Gasteiger partial charge on any atom is 0.317 e. The van der Waals surface area contributed by atoms with Crippen molar-refractivity contribution in [3.05, 3.63) is 42.1 Å². The third kappa shape index (κ3) is 3.92. The number of aromatic nitrogens is 3. The fourth-order valence-corrected chi connectivity index (χ4v) is 3.36. The molecule has 25 heavy (non-hydrogen) atoms. The van der Waals surface area contributed by atoms with Gasteiger partial charge in [-0.05, 0) is 25.8 Å². The summed E-state index contributed by atoms with van der Waals surface area (Å²) in [6, 6.07) is 4.11. The summed E-state index contributed by atoms with van der Waals surface area (Å²) >= 11 is 0. The zero-order valence-corrected chi connectivity index (χ0v) is 15.1. The van der Waals surface area contributed by atoms with Gasteiger partial charge in [-0.25, -0.2) is 14.8 Å². The van der Waals surface area contributed by atoms with E-state index in [1.54, 1.807) is 12.4 Å². The highest BCUT2D eigenvalue weighted by Crippen LogP contribution is 2.20. The summed E-state index contributed by atoms with van der Waals surface area (Å²) in [5.41, 5.74) is 1.02. The van der Waals surface area contributed by atoms with Gasteiger partial charge in [0.2, 0.25) is 0 Å². The Kier molecular flexibility index (Phi) is 5.21. The molecule has 0 spiro atoms. The Labute approximate surface area is 148 Å². The zero-order valence-electron chi connectivity index (χ0n) is 15.1. The van der Waals surface area contributed by atoms with Crippen LogP contribution in [-0.4, -0.2) is 52.1 Å². The number of nitrogens with one attached hydrogen (secondary N) is 1. The number of anilines is 1. The lowest BCUT2D eigenvalue weighted by Gasteiger charge is -2.26. The maximum absolute atomic E-state index is 12.7. The molecule has 0 saturated carbocycles. The Morgan fingerprint density at radius 3 is 2.92 bits per heavy atom. The van der Waals surface area contributed by atoms with Crippen LogP contribution in [0.5, 0.6) is 0 Å². The molecule has 1 aliphatic heterocycles. The standard InChI is InChI=1S/C18H26N6O/c1-14-19-9-11-23(14)13-16-7-5-10-24(16)18(25)21-12-15-6-4-8-20-17(15)22(2)3/h4,6,8-9,11,16H,5,7,10,12-13H2,1-3H3,(H,21,25). The molecule has 1 atom stereocenters. The number of aryl methyl sites for hydroxylation is 1. The Bertz CT molecular complexity index is 726. The number of hydrogen-bond donors (Lipinski definition) is 1. The average molecular weight is 342 g/mol. The smallest absolute Gasteiger partial charge is 0.317 e. The Morgan fingerprint density at radius 2 is 2.20 bits per heavy atom. The molecule has 1 N–H and O–H groups in total. The predicted molar refractivity (Wildman–Crippen MR) is 97.5 cm³/mol. The predicted octanol–water partition coefficient (Wildman–Crippen LogP) is 2.03. The molecule has 2 aromatic rings. The van der Waals surface area contributed by atoms with Gasteiger partial charge in [-0.3, -0.25) is 0 Å². The summed E-state index contributed by atoms with van der Waals surface area (Å²) in [5, 5.41) is 3.06. The molecule has 0 aromatic carbocycles. The van der Waals surface area contributed by atoms with Gasteiger partial charge in [-0.1, -0.05) is 6.07 Å². The van der Waals surface area contributed by atoms with Gasteiger partial charge in [0.05, 0.1) is 6.04 Å². The van der Waals surface area contributed by atoms with E-state index in [2.05, 4.69) is 19.9 Å². The molecule has 1 aliphatic rings. The number of rotatable bonds is 5. The SMILES string of the molecule is Cc1nccn1CC1CCCN1C(=O)NCc1cccnc1N(C)C. The van der Waals surface area contributed by atoms with Crippen LogP contribution in [0, 0.1) is 6.92 Å². The van der Waals surface area contributed by atoms with Crippen molar-refractivity contribution < 1.29 is 4.79 Å². The van der Waals surface area contributed by atoms with Crippen molar-refractivity contribution in [2.45, 2.75) is 38.9 Å². The molecule has 1 saturated heterocycles. The molecule has 3 rings (SSSR count). The minimum Gasteiger partial charge on any atom is -0.362 e. The second kappa shape index (κ2) is 7.55. The molecule has 1 fully saturated rings. The van der Waals surface area contributed by atoms with Gasteiger partial charge < -0.3 is 19.7 Å². The zero-order chi connectivity index (χ0) is 17.8. The first-order valence-electron chi connectivity index (χ1n) is 8.69. The highest BCUT2D eigenvalue weighted by atomic mass is 16.2. The number of imidazole rings is 1. The number of pyridine rings is 1. The summed E-state index contributed by atoms with van der Waals surface area (Å²) in [7, 11) is 3.91. The van der Waals surface area contributed by atoms with Crippen LogP contribution in [0.1, 0.15) is 24.2 Å². The number of carbonyl (C=O) groups excluding carboxylic acids is 1. The monoisotopic (exact) mass is 342 g/mol. The Hall–Kier alpha value is -2.57. The average Bonchev–Trinajstić information content (AvgIpc) is 3.23. The van der Waals surface area contributed by atoms with E-state index < -0.39 is 0 Å². The molecule has 2 amide bonds. The molecule has 3 heterocycles. The molecule has 0 aliphatic carbocycles. The van der Waals surface area contributed by atoms with Crippen molar-refractivity contribution in [3.8, 4) is 0 Å². The lowest BCUT2D eigenvalue weighted by molar-refractivity contribution is 0.186. The van der Waals surface area contributed by atoms with E-state index >= 15 is 0 Å². The number of hydrogen-bond acceptors (Lipinski definition) is 4. The third-order valence-corrected chi connectivity index (χ3v) is 4.69. The van der Waals surface area contributed by atoms with Crippen LogP contribution in [0.25, 0.3) is 0 Å². The fraction of sp³-hybridized carbons (Fsp3) is 0.500. The quantitative estimate of drug-likeness (QED) is 0.903. The summed E-state index contributed by atoms with van der Waals surface area (Å²) in [6.45, 7) is 4.07. The Balaban J connectivity index is 1.62. The van der Waals surface area contributed by atoms with E-state index in [1.807, 2.05) is 49.1 Å². The van der Waals surface area contributed by atoms with Crippen molar-refractivity contribution in [2.75, 3.05) is 25.5 Å². The van der Waals surface area contributed by atoms with Gasteiger partial charge in [0.1, 0.15) is 11.6 Å². The second-order valence-corrected chi connectivity index (χ2v) is 6.66. The highest BCUT2D eigenvalue weighted by molar-refractivity contribution is 5.75. The van der Waals surface area contributed by atoms with E-state index in [0.29, 0.717) is 6.54 Å². The van der Waals surface area contributed by atoms with E-state index in [-0.39, 0.29) is 12.1 Å². The summed E-state index contributed by atoms with van der Waals surface area (Å²) in [6.07, 6.45) is 7.62. The lowest BCUT2D eigenvalue weighted by Crippen LogP contribution is -2.44. The van der Waals surface area contributed by atoms with Crippen LogP contribution in [0.2, 0.25) is 0 Å².